The minimum Gasteiger partial charge on any atom is -0.481 e. The van der Waals surface area contributed by atoms with Gasteiger partial charge in [-0.25, -0.2) is 0 Å². The van der Waals surface area contributed by atoms with Crippen LogP contribution in [0.2, 0.25) is 0 Å². The Morgan fingerprint density at radius 2 is 1.16 bits per heavy atom. The van der Waals surface area contributed by atoms with Gasteiger partial charge in [0.15, 0.2) is 11.9 Å². The third-order valence-electron chi connectivity index (χ3n) is 14.1. The number of hydrogen-bond acceptors (Lipinski definition) is 21. The molecule has 0 aliphatic carbocycles. The van der Waals surface area contributed by atoms with Crippen molar-refractivity contribution in [3.63, 3.8) is 0 Å². The van der Waals surface area contributed by atoms with E-state index in [9.17, 15) is 72.5 Å². The molecule has 0 spiro atoms. The molecule has 1 aromatic carbocycles. The van der Waals surface area contributed by atoms with E-state index in [2.05, 4.69) is 68.8 Å². The molecule has 2 bridgehead atoms. The monoisotopic (exact) mass is 1350 g/mol. The molecule has 4 heterocycles. The van der Waals surface area contributed by atoms with E-state index >= 15 is 0 Å². The summed E-state index contributed by atoms with van der Waals surface area (Å²) in [5.74, 6) is -16.0. The third-order valence-corrected chi connectivity index (χ3v) is 19.0. The minimum absolute atomic E-state index is 0.00735. The average Bonchev–Trinajstić information content (AvgIpc) is 2.00. The van der Waals surface area contributed by atoms with Gasteiger partial charge in [-0.3, -0.25) is 73.1 Å². The average molecular weight is 1350 g/mol. The quantitative estimate of drug-likeness (QED) is 0.0321. The van der Waals surface area contributed by atoms with Crippen molar-refractivity contribution < 1.29 is 72.5 Å². The van der Waals surface area contributed by atoms with E-state index in [1.54, 1.807) is 30.3 Å². The number of nitrogens with zero attached hydrogens (tertiary/aromatic N) is 1. The maximum Gasteiger partial charge on any atom is 0.305 e. The summed E-state index contributed by atoms with van der Waals surface area (Å²) in [5.41, 5.74) is 23.5. The highest BCUT2D eigenvalue weighted by molar-refractivity contribution is 8.77. The summed E-state index contributed by atoms with van der Waals surface area (Å²) in [4.78, 5) is 186. The van der Waals surface area contributed by atoms with E-state index in [1.807, 2.05) is 0 Å². The van der Waals surface area contributed by atoms with Gasteiger partial charge in [0.25, 0.3) is 0 Å². The van der Waals surface area contributed by atoms with E-state index in [4.69, 9.17) is 33.8 Å². The molecular formula is C52H78N20O15S4. The number of aliphatic hydroxyl groups excluding tert-OH is 1. The van der Waals surface area contributed by atoms with Crippen LogP contribution in [0.5, 0.6) is 0 Å². The van der Waals surface area contributed by atoms with Crippen molar-refractivity contribution in [1.29, 1.82) is 10.8 Å². The van der Waals surface area contributed by atoms with Gasteiger partial charge >= 0.3 is 5.97 Å². The molecule has 2 aromatic rings. The molecule has 2 unspecified atom stereocenters. The first kappa shape index (κ1) is 73.5. The lowest BCUT2D eigenvalue weighted by molar-refractivity contribution is -0.146. The number of benzene rings is 1. The van der Waals surface area contributed by atoms with Gasteiger partial charge < -0.3 is 107 Å². The van der Waals surface area contributed by atoms with Crippen molar-refractivity contribution in [3.05, 3.63) is 36.0 Å². The molecule has 500 valence electrons. The number of carbonyl (C=O) groups is 13. The van der Waals surface area contributed by atoms with E-state index in [1.165, 1.54) is 6.92 Å². The lowest BCUT2D eigenvalue weighted by Gasteiger charge is -2.30. The standard InChI is InChI=1S/C52H78N20O15S4/c1-24-41(78)66-30(16-26-15-25-7-2-3-8-27(25)62-26)44(81)64-28(9-4-12-59-51(55)56)42(79)69-33(40(54)77)20-88-90-23-36-48(85)68-32(19-73)45(82)67-31(17-39(75)76)50(87)72-14-6-11-37(72)49(86)65-29(10-5-13-60-52(57)58)43(80)70-35(46(83)61-24)22-91-89-21-34(47(84)71-36)63-38(74)18-53/h2-3,7-8,15,24,28-37,62,73H,4-6,9-14,16-23,53H2,1H3,(H2,54,77)(H,61,83)(H,63,74)(H,64,81)(H,65,86)(H,66,78)(H,67,82)(H,68,85)(H,69,79)(H,70,80)(H,71,84)(H,75,76)(H4,55,56,59)(H4,57,58,60)/t24-,28?,29-,30-,31-,32-,33-,34-,35-,36-,37?/m0/s1. The van der Waals surface area contributed by atoms with Gasteiger partial charge in [0.1, 0.15) is 66.5 Å². The predicted molar refractivity (Wildman–Crippen MR) is 337 cm³/mol. The number of nitrogens with one attached hydrogen (secondary N) is 15. The van der Waals surface area contributed by atoms with Crippen LogP contribution in [0, 0.1) is 10.8 Å². The number of para-hydroxylation sites is 1. The number of guanidine groups is 2. The summed E-state index contributed by atoms with van der Waals surface area (Å²) in [6.45, 7) is -0.613. The molecule has 3 saturated heterocycles. The smallest absolute Gasteiger partial charge is 0.305 e. The normalized spacial score (nSPS) is 26.1. The minimum atomic E-state index is -1.94. The molecule has 35 nitrogen and oxygen atoms in total. The van der Waals surface area contributed by atoms with Gasteiger partial charge in [-0.2, -0.15) is 0 Å². The Kier molecular flexibility index (Phi) is 29.5. The summed E-state index contributed by atoms with van der Waals surface area (Å²) in [5, 5.41) is 66.6. The lowest BCUT2D eigenvalue weighted by Crippen LogP contribution is -2.61. The van der Waals surface area contributed by atoms with Gasteiger partial charge in [-0.05, 0) is 63.0 Å². The number of carbonyl (C=O) groups excluding carboxylic acids is 12. The second kappa shape index (κ2) is 36.5. The van der Waals surface area contributed by atoms with Crippen molar-refractivity contribution in [2.75, 3.05) is 55.8 Å². The first-order valence-corrected chi connectivity index (χ1v) is 33.6. The first-order valence-electron chi connectivity index (χ1n) is 28.6. The Morgan fingerprint density at radius 3 is 1.76 bits per heavy atom. The number of aromatic nitrogens is 1. The Bertz CT molecular complexity index is 2990. The molecule has 0 saturated carbocycles. The van der Waals surface area contributed by atoms with E-state index < -0.39 is 181 Å². The van der Waals surface area contributed by atoms with Crippen LogP contribution in [0.3, 0.4) is 0 Å². The maximum atomic E-state index is 14.6. The Hall–Kier alpha value is -8.27. The van der Waals surface area contributed by atoms with Gasteiger partial charge in [-0.1, -0.05) is 61.4 Å². The summed E-state index contributed by atoms with van der Waals surface area (Å²) in [7, 11) is 3.45. The molecular weight excluding hydrogens is 1270 g/mol. The molecule has 3 aliphatic rings. The summed E-state index contributed by atoms with van der Waals surface area (Å²) >= 11 is 0. The second-order valence-corrected chi connectivity index (χ2v) is 26.2. The number of aliphatic hydroxyl groups is 1. The van der Waals surface area contributed by atoms with Crippen molar-refractivity contribution in [1.82, 2.24) is 73.7 Å². The topological polar surface area (TPSA) is 578 Å². The summed E-state index contributed by atoms with van der Waals surface area (Å²) < 4.78 is 0. The van der Waals surface area contributed by atoms with Crippen molar-refractivity contribution in [2.45, 2.75) is 125 Å². The number of hydrogen-bond donors (Lipinski definition) is 21. The second-order valence-electron chi connectivity index (χ2n) is 21.1. The van der Waals surface area contributed by atoms with E-state index in [0.29, 0.717) is 11.2 Å². The number of carboxylic acids is 1. The van der Waals surface area contributed by atoms with Gasteiger partial charge in [0.2, 0.25) is 70.9 Å². The molecule has 11 atom stereocenters. The maximum absolute atomic E-state index is 14.6. The number of aliphatic carboxylic acids is 1. The fraction of sp³-hybridized carbons (Fsp3) is 0.558. The van der Waals surface area contributed by atoms with Crippen LogP contribution >= 0.6 is 43.2 Å². The van der Waals surface area contributed by atoms with Crippen molar-refractivity contribution in [3.8, 4) is 0 Å². The Labute approximate surface area is 536 Å². The number of fused-ring (bicyclic) bond motifs is 10. The Balaban J connectivity index is 1.65. The number of nitrogens with two attached hydrogens (primary N) is 4. The van der Waals surface area contributed by atoms with Crippen LogP contribution in [0.1, 0.15) is 57.6 Å². The van der Waals surface area contributed by atoms with Crippen molar-refractivity contribution >= 4 is 143 Å². The highest BCUT2D eigenvalue weighted by atomic mass is 33.1. The number of primary amides is 1. The van der Waals surface area contributed by atoms with E-state index in [-0.39, 0.29) is 81.8 Å². The Morgan fingerprint density at radius 1 is 0.637 bits per heavy atom. The zero-order chi connectivity index (χ0) is 66.9. The summed E-state index contributed by atoms with van der Waals surface area (Å²) in [6, 6.07) is -8.72. The van der Waals surface area contributed by atoms with Crippen molar-refractivity contribution in [2.24, 2.45) is 22.9 Å². The zero-order valence-corrected chi connectivity index (χ0v) is 52.6. The van der Waals surface area contributed by atoms with Crippen LogP contribution in [0.4, 0.5) is 0 Å². The molecule has 25 N–H and O–H groups in total. The molecule has 3 fully saturated rings. The highest BCUT2D eigenvalue weighted by Gasteiger charge is 2.42. The van der Waals surface area contributed by atoms with Gasteiger partial charge in [0, 0.05) is 60.3 Å². The van der Waals surface area contributed by atoms with Crippen LogP contribution in [0.25, 0.3) is 10.9 Å². The zero-order valence-electron chi connectivity index (χ0n) is 49.3. The molecule has 0 radical (unpaired) electrons. The number of carboxylic acid groups (broad SMARTS) is 1. The SMILES string of the molecule is C[C@@H]1NC(=O)[C@@H]2CSSC[C@H](NC(=O)CN)C(=O)N[C@@H](CSSC[C@@H](C(N)=O)NC(=O)C(CCCNC(=N)N)NC(=O)[C@H](Cc3cc4ccccc4[nH]3)NC1=O)C(=O)N[C@@H](CO)C(=O)N[C@@H](CC(=O)O)C(=O)N1CCCC1C(=O)N[C@@H](CCCNC(=N)N)C(=O)N2. The number of amides is 12. The fourth-order valence-corrected chi connectivity index (χ4v) is 14.0. The van der Waals surface area contributed by atoms with Gasteiger partial charge in [-0.15, -0.1) is 0 Å². The molecule has 91 heavy (non-hydrogen) atoms. The molecule has 3 aliphatic heterocycles. The third kappa shape index (κ3) is 23.5. The van der Waals surface area contributed by atoms with Crippen LogP contribution < -0.4 is 86.7 Å². The van der Waals surface area contributed by atoms with Crippen LogP contribution in [-0.2, 0) is 68.7 Å². The summed E-state index contributed by atoms with van der Waals surface area (Å²) in [6.07, 6.45) is -1.32. The lowest BCUT2D eigenvalue weighted by atomic mass is 10.1. The highest BCUT2D eigenvalue weighted by Crippen LogP contribution is 2.26. The molecule has 5 rings (SSSR count). The molecule has 39 heteroatoms. The fourth-order valence-electron chi connectivity index (χ4n) is 9.38. The molecule has 12 amide bonds. The number of H-pyrrole nitrogens is 1. The molecule has 1 aromatic heterocycles. The largest absolute Gasteiger partial charge is 0.481 e. The van der Waals surface area contributed by atoms with Crippen LogP contribution in [0.15, 0.2) is 30.3 Å². The number of rotatable bonds is 16. The predicted octanol–water partition coefficient (Wildman–Crippen LogP) is -7.20. The van der Waals surface area contributed by atoms with Gasteiger partial charge in [0.05, 0.1) is 19.6 Å². The van der Waals surface area contributed by atoms with Crippen LogP contribution in [-0.4, -0.2) is 231 Å². The first-order chi connectivity index (χ1) is 43.3. The number of aromatic amines is 1. The van der Waals surface area contributed by atoms with E-state index in [0.717, 1.165) is 53.5 Å².